The second kappa shape index (κ2) is 7.65. The Morgan fingerprint density at radius 2 is 2.12 bits per heavy atom. The van der Waals surface area contributed by atoms with Crippen LogP contribution in [0.4, 0.5) is 4.39 Å². The van der Waals surface area contributed by atoms with Gasteiger partial charge in [-0.15, -0.1) is 11.3 Å². The molecule has 1 amide bonds. The van der Waals surface area contributed by atoms with Crippen LogP contribution in [0.3, 0.4) is 0 Å². The first-order chi connectivity index (χ1) is 12.7. The molecule has 0 unspecified atom stereocenters. The van der Waals surface area contributed by atoms with Crippen LogP contribution in [0.1, 0.15) is 22.9 Å². The number of hydrogen-bond acceptors (Lipinski definition) is 5. The molecule has 2 aliphatic rings. The molecule has 2 aliphatic heterocycles. The number of amides is 1. The number of nitrogens with zero attached hydrogens (tertiary/aromatic N) is 3. The maximum Gasteiger partial charge on any atom is 0.257 e. The largest absolute Gasteiger partial charge is 0.379 e. The minimum Gasteiger partial charge on any atom is -0.379 e. The van der Waals surface area contributed by atoms with E-state index in [1.54, 1.807) is 22.4 Å². The fourth-order valence-corrected chi connectivity index (χ4v) is 4.12. The quantitative estimate of drug-likeness (QED) is 0.828. The van der Waals surface area contributed by atoms with Crippen molar-refractivity contribution in [3.8, 4) is 0 Å². The van der Waals surface area contributed by atoms with Crippen molar-refractivity contribution >= 4 is 23.0 Å². The van der Waals surface area contributed by atoms with E-state index in [1.165, 1.54) is 12.1 Å². The summed E-state index contributed by atoms with van der Waals surface area (Å²) in [6.45, 7) is 3.14. The molecule has 1 atom stereocenters. The lowest BCUT2D eigenvalue weighted by Crippen LogP contribution is -2.43. The molecule has 136 valence electrons. The lowest BCUT2D eigenvalue weighted by atomic mass is 10.0. The molecule has 5 nitrogen and oxygen atoms in total. The highest BCUT2D eigenvalue weighted by atomic mass is 32.1. The van der Waals surface area contributed by atoms with Crippen molar-refractivity contribution in [2.45, 2.75) is 12.5 Å². The van der Waals surface area contributed by atoms with Crippen molar-refractivity contribution < 1.29 is 13.9 Å². The SMILES string of the molecule is O=C(CN1CCOCC1)N1N=C(c2cccc(F)c2)C[C@H]1c1cccs1. The maximum atomic E-state index is 13.6. The fraction of sp³-hybridized carbons (Fsp3) is 0.368. The highest BCUT2D eigenvalue weighted by molar-refractivity contribution is 7.10. The first-order valence-electron chi connectivity index (χ1n) is 8.70. The average Bonchev–Trinajstić information content (AvgIpc) is 3.32. The third kappa shape index (κ3) is 3.70. The van der Waals surface area contributed by atoms with E-state index in [1.807, 2.05) is 23.6 Å². The highest BCUT2D eigenvalue weighted by Crippen LogP contribution is 2.35. The number of halogens is 1. The number of rotatable bonds is 4. The van der Waals surface area contributed by atoms with Gasteiger partial charge in [0.15, 0.2) is 0 Å². The van der Waals surface area contributed by atoms with Gasteiger partial charge in [-0.25, -0.2) is 9.40 Å². The summed E-state index contributed by atoms with van der Waals surface area (Å²) < 4.78 is 18.9. The van der Waals surface area contributed by atoms with Gasteiger partial charge in [0, 0.05) is 30.0 Å². The van der Waals surface area contributed by atoms with Crippen molar-refractivity contribution in [1.82, 2.24) is 9.91 Å². The van der Waals surface area contributed by atoms with Gasteiger partial charge in [-0.05, 0) is 23.6 Å². The van der Waals surface area contributed by atoms with Gasteiger partial charge in [-0.3, -0.25) is 9.69 Å². The molecule has 1 saturated heterocycles. The first-order valence-corrected chi connectivity index (χ1v) is 9.57. The van der Waals surface area contributed by atoms with Gasteiger partial charge in [0.05, 0.1) is 31.5 Å². The van der Waals surface area contributed by atoms with E-state index < -0.39 is 0 Å². The van der Waals surface area contributed by atoms with E-state index in [-0.39, 0.29) is 17.8 Å². The van der Waals surface area contributed by atoms with Crippen LogP contribution < -0.4 is 0 Å². The predicted octanol–water partition coefficient (Wildman–Crippen LogP) is 2.90. The van der Waals surface area contributed by atoms with Crippen LogP contribution >= 0.6 is 11.3 Å². The molecular formula is C19H20FN3O2S. The standard InChI is InChI=1S/C19H20FN3O2S/c20-15-4-1-3-14(11-15)16-12-17(18-5-2-10-26-18)23(21-16)19(24)13-22-6-8-25-9-7-22/h1-5,10-11,17H,6-9,12-13H2/t17-/m0/s1. The van der Waals surface area contributed by atoms with Crippen molar-refractivity contribution in [2.24, 2.45) is 5.10 Å². The topological polar surface area (TPSA) is 45.1 Å². The molecule has 0 N–H and O–H groups in total. The van der Waals surface area contributed by atoms with Crippen LogP contribution in [-0.4, -0.2) is 54.4 Å². The number of benzene rings is 1. The molecule has 1 fully saturated rings. The van der Waals surface area contributed by atoms with E-state index in [2.05, 4.69) is 10.0 Å². The molecule has 2 aromatic rings. The lowest BCUT2D eigenvalue weighted by Gasteiger charge is -2.28. The van der Waals surface area contributed by atoms with Gasteiger partial charge in [-0.2, -0.15) is 5.10 Å². The van der Waals surface area contributed by atoms with Crippen molar-refractivity contribution in [3.05, 3.63) is 58.0 Å². The minimum atomic E-state index is -0.295. The molecule has 0 spiro atoms. The number of ether oxygens (including phenoxy) is 1. The second-order valence-electron chi connectivity index (χ2n) is 6.42. The summed E-state index contributed by atoms with van der Waals surface area (Å²) in [5, 5.41) is 8.17. The van der Waals surface area contributed by atoms with Crippen LogP contribution in [0.25, 0.3) is 0 Å². The molecule has 26 heavy (non-hydrogen) atoms. The van der Waals surface area contributed by atoms with E-state index in [4.69, 9.17) is 4.74 Å². The Bertz CT molecular complexity index is 803. The zero-order valence-electron chi connectivity index (χ0n) is 14.3. The summed E-state index contributed by atoms with van der Waals surface area (Å²) in [5.41, 5.74) is 1.48. The number of hydrogen-bond donors (Lipinski definition) is 0. The number of carbonyl (C=O) groups excluding carboxylic acids is 1. The van der Waals surface area contributed by atoms with Crippen molar-refractivity contribution in [1.29, 1.82) is 0 Å². The van der Waals surface area contributed by atoms with Crippen LogP contribution in [-0.2, 0) is 9.53 Å². The summed E-state index contributed by atoms with van der Waals surface area (Å²) in [4.78, 5) is 16.1. The Balaban J connectivity index is 1.58. The lowest BCUT2D eigenvalue weighted by molar-refractivity contribution is -0.135. The molecule has 4 rings (SSSR count). The van der Waals surface area contributed by atoms with Gasteiger partial charge < -0.3 is 4.74 Å². The minimum absolute atomic E-state index is 0.0308. The maximum absolute atomic E-state index is 13.6. The third-order valence-electron chi connectivity index (χ3n) is 4.66. The number of thiophene rings is 1. The smallest absolute Gasteiger partial charge is 0.257 e. The Hall–Kier alpha value is -2.09. The third-order valence-corrected chi connectivity index (χ3v) is 5.63. The summed E-state index contributed by atoms with van der Waals surface area (Å²) in [6.07, 6.45) is 0.596. The number of morpholine rings is 1. The summed E-state index contributed by atoms with van der Waals surface area (Å²) >= 11 is 1.61. The van der Waals surface area contributed by atoms with Crippen molar-refractivity contribution in [2.75, 3.05) is 32.8 Å². The highest BCUT2D eigenvalue weighted by Gasteiger charge is 2.34. The molecule has 3 heterocycles. The molecule has 1 aromatic heterocycles. The molecule has 0 aliphatic carbocycles. The van der Waals surface area contributed by atoms with Gasteiger partial charge in [0.25, 0.3) is 5.91 Å². The molecular weight excluding hydrogens is 353 g/mol. The van der Waals surface area contributed by atoms with Gasteiger partial charge in [-0.1, -0.05) is 18.2 Å². The van der Waals surface area contributed by atoms with E-state index in [0.29, 0.717) is 26.2 Å². The molecule has 7 heteroatoms. The monoisotopic (exact) mass is 373 g/mol. The van der Waals surface area contributed by atoms with Gasteiger partial charge in [0.1, 0.15) is 5.82 Å². The predicted molar refractivity (Wildman–Crippen MR) is 98.7 cm³/mol. The molecule has 0 radical (unpaired) electrons. The summed E-state index contributed by atoms with van der Waals surface area (Å²) in [5.74, 6) is -0.326. The molecule has 0 saturated carbocycles. The number of hydrazone groups is 1. The zero-order chi connectivity index (χ0) is 17.9. The Morgan fingerprint density at radius 1 is 1.27 bits per heavy atom. The summed E-state index contributed by atoms with van der Waals surface area (Å²) in [7, 11) is 0. The Labute approximate surface area is 155 Å². The first kappa shape index (κ1) is 17.3. The second-order valence-corrected chi connectivity index (χ2v) is 7.40. The van der Waals surface area contributed by atoms with Crippen LogP contribution in [0.5, 0.6) is 0 Å². The molecule has 1 aromatic carbocycles. The van der Waals surface area contributed by atoms with Crippen LogP contribution in [0, 0.1) is 5.82 Å². The van der Waals surface area contributed by atoms with Crippen LogP contribution in [0.2, 0.25) is 0 Å². The summed E-state index contributed by atoms with van der Waals surface area (Å²) in [6, 6.07) is 10.3. The Kier molecular flexibility index (Phi) is 5.10. The van der Waals surface area contributed by atoms with E-state index in [0.717, 1.165) is 29.2 Å². The van der Waals surface area contributed by atoms with Crippen LogP contribution in [0.15, 0.2) is 46.9 Å². The van der Waals surface area contributed by atoms with Gasteiger partial charge >= 0.3 is 0 Å². The average molecular weight is 373 g/mol. The van der Waals surface area contributed by atoms with Gasteiger partial charge in [0.2, 0.25) is 0 Å². The van der Waals surface area contributed by atoms with E-state index in [9.17, 15) is 9.18 Å². The Morgan fingerprint density at radius 3 is 2.85 bits per heavy atom. The number of carbonyl (C=O) groups is 1. The van der Waals surface area contributed by atoms with Crippen molar-refractivity contribution in [3.63, 3.8) is 0 Å². The fourth-order valence-electron chi connectivity index (χ4n) is 3.31. The molecule has 0 bridgehead atoms. The zero-order valence-corrected chi connectivity index (χ0v) is 15.1. The van der Waals surface area contributed by atoms with E-state index >= 15 is 0 Å². The normalized spacial score (nSPS) is 21.0.